The smallest absolute Gasteiger partial charge is 0.430 e. The molecule has 0 atom stereocenters. The predicted molar refractivity (Wildman–Crippen MR) is 131 cm³/mol. The van der Waals surface area contributed by atoms with Gasteiger partial charge in [0.15, 0.2) is 0 Å². The van der Waals surface area contributed by atoms with Gasteiger partial charge in [0, 0.05) is 16.3 Å². The van der Waals surface area contributed by atoms with Crippen molar-refractivity contribution in [2.75, 3.05) is 39.5 Å². The molecule has 0 bridgehead atoms. The van der Waals surface area contributed by atoms with E-state index in [-0.39, 0.29) is 18.9 Å². The Balaban J connectivity index is 2.34. The SMILES string of the molecule is CCSc1cc(-c2ccc(C(C=C(N)C(F)(F)F)=NCC(=O)OCCN(C)C)s2)ccc1CO. The number of esters is 1. The molecule has 1 aromatic carbocycles. The highest BCUT2D eigenvalue weighted by atomic mass is 32.2. The number of allylic oxidation sites excluding steroid dienone is 2. The number of thioether (sulfide) groups is 1. The molecule has 0 aliphatic carbocycles. The molecule has 11 heteroatoms. The van der Waals surface area contributed by atoms with Gasteiger partial charge < -0.3 is 20.5 Å². The number of nitrogens with zero attached hydrogens (tertiary/aromatic N) is 2. The quantitative estimate of drug-likeness (QED) is 0.263. The average Bonchev–Trinajstić information content (AvgIpc) is 3.26. The van der Waals surface area contributed by atoms with Crippen LogP contribution in [0.4, 0.5) is 13.2 Å². The van der Waals surface area contributed by atoms with Gasteiger partial charge in [0.2, 0.25) is 0 Å². The van der Waals surface area contributed by atoms with E-state index < -0.39 is 24.4 Å². The Morgan fingerprint density at radius 3 is 2.65 bits per heavy atom. The van der Waals surface area contributed by atoms with Gasteiger partial charge in [-0.3, -0.25) is 9.79 Å². The summed E-state index contributed by atoms with van der Waals surface area (Å²) in [4.78, 5) is 20.1. The Kier molecular flexibility index (Phi) is 10.6. The Bertz CT molecular complexity index is 1030. The number of thiophene rings is 1. The number of carbonyl (C=O) groups is 1. The van der Waals surface area contributed by atoms with Crippen LogP contribution >= 0.6 is 23.1 Å². The molecule has 0 aliphatic heterocycles. The number of hydrogen-bond acceptors (Lipinski definition) is 8. The van der Waals surface area contributed by atoms with E-state index in [1.807, 2.05) is 44.1 Å². The van der Waals surface area contributed by atoms with Gasteiger partial charge in [0.1, 0.15) is 18.8 Å². The molecular weight excluding hydrogens is 487 g/mol. The van der Waals surface area contributed by atoms with Gasteiger partial charge in [-0.25, -0.2) is 0 Å². The van der Waals surface area contributed by atoms with Crippen molar-refractivity contribution in [2.45, 2.75) is 24.6 Å². The molecule has 0 unspecified atom stereocenters. The summed E-state index contributed by atoms with van der Waals surface area (Å²) in [6, 6.07) is 9.03. The van der Waals surface area contributed by atoms with Gasteiger partial charge in [-0.15, -0.1) is 23.1 Å². The second-order valence-electron chi connectivity index (χ2n) is 7.40. The standard InChI is InChI=1S/C23H28F3N3O3S2/c1-4-33-20-11-15(5-6-16(20)14-30)18-7-8-19(34-18)17(12-21(27)23(24,25)26)28-13-22(31)32-10-9-29(2)3/h5-8,11-12,30H,4,9-10,13-14,27H2,1-3H3. The number of aliphatic hydroxyl groups is 1. The summed E-state index contributed by atoms with van der Waals surface area (Å²) in [5.74, 6) is 0.186. The lowest BCUT2D eigenvalue weighted by atomic mass is 10.1. The number of rotatable bonds is 11. The zero-order chi connectivity index (χ0) is 25.3. The largest absolute Gasteiger partial charge is 0.463 e. The van der Waals surface area contributed by atoms with Gasteiger partial charge in [0.25, 0.3) is 0 Å². The van der Waals surface area contributed by atoms with E-state index in [0.717, 1.165) is 32.7 Å². The number of likely N-dealkylation sites (N-methyl/N-ethyl adjacent to an activating group) is 1. The third-order valence-corrected chi connectivity index (χ3v) is 6.62. The maximum Gasteiger partial charge on any atom is 0.430 e. The third kappa shape index (κ3) is 8.46. The molecule has 2 aromatic rings. The van der Waals surface area contributed by atoms with Crippen LogP contribution in [0, 0.1) is 0 Å². The van der Waals surface area contributed by atoms with Crippen molar-refractivity contribution in [1.82, 2.24) is 4.90 Å². The van der Waals surface area contributed by atoms with E-state index >= 15 is 0 Å². The molecule has 0 spiro atoms. The number of benzene rings is 1. The second-order valence-corrected chi connectivity index (χ2v) is 9.79. The summed E-state index contributed by atoms with van der Waals surface area (Å²) in [6.45, 7) is 2.17. The third-order valence-electron chi connectivity index (χ3n) is 4.48. The summed E-state index contributed by atoms with van der Waals surface area (Å²) in [5, 5.41) is 9.54. The number of carbonyl (C=O) groups excluding carboxylic acids is 1. The van der Waals surface area contributed by atoms with Crippen LogP contribution in [-0.4, -0.2) is 67.4 Å². The van der Waals surface area contributed by atoms with Gasteiger partial charge in [0.05, 0.1) is 17.2 Å². The van der Waals surface area contributed by atoms with E-state index in [1.54, 1.807) is 23.9 Å². The van der Waals surface area contributed by atoms with Crippen LogP contribution in [0.3, 0.4) is 0 Å². The van der Waals surface area contributed by atoms with Crippen molar-refractivity contribution in [3.8, 4) is 10.4 Å². The molecule has 1 heterocycles. The minimum atomic E-state index is -4.72. The molecule has 0 fully saturated rings. The lowest BCUT2D eigenvalue weighted by Gasteiger charge is -2.10. The summed E-state index contributed by atoms with van der Waals surface area (Å²) in [6.07, 6.45) is -3.99. The highest BCUT2D eigenvalue weighted by Crippen LogP contribution is 2.34. The maximum absolute atomic E-state index is 13.1. The molecule has 1 aromatic heterocycles. The van der Waals surface area contributed by atoms with Gasteiger partial charge in [-0.1, -0.05) is 19.1 Å². The van der Waals surface area contributed by atoms with E-state index in [9.17, 15) is 23.1 Å². The van der Waals surface area contributed by atoms with Crippen molar-refractivity contribution < 1.29 is 27.8 Å². The van der Waals surface area contributed by atoms with E-state index in [2.05, 4.69) is 4.99 Å². The van der Waals surface area contributed by atoms with Crippen molar-refractivity contribution in [2.24, 2.45) is 10.7 Å². The first-order valence-corrected chi connectivity index (χ1v) is 12.2. The van der Waals surface area contributed by atoms with Crippen LogP contribution in [0.5, 0.6) is 0 Å². The fourth-order valence-corrected chi connectivity index (χ4v) is 4.54. The number of alkyl halides is 3. The Morgan fingerprint density at radius 2 is 2.03 bits per heavy atom. The van der Waals surface area contributed by atoms with Crippen molar-refractivity contribution >= 4 is 34.8 Å². The zero-order valence-corrected chi connectivity index (χ0v) is 20.8. The highest BCUT2D eigenvalue weighted by molar-refractivity contribution is 7.99. The van der Waals surface area contributed by atoms with E-state index in [4.69, 9.17) is 10.5 Å². The number of hydrogen-bond donors (Lipinski definition) is 2. The van der Waals surface area contributed by atoms with Crippen molar-refractivity contribution in [3.05, 3.63) is 52.5 Å². The lowest BCUT2D eigenvalue weighted by molar-refractivity contribution is -0.142. The molecule has 0 radical (unpaired) electrons. The van der Waals surface area contributed by atoms with Crippen LogP contribution in [0.2, 0.25) is 0 Å². The van der Waals surface area contributed by atoms with E-state index in [1.165, 1.54) is 11.3 Å². The molecule has 2 rings (SSSR count). The second kappa shape index (κ2) is 12.9. The topological polar surface area (TPSA) is 88.1 Å². The molecule has 186 valence electrons. The summed E-state index contributed by atoms with van der Waals surface area (Å²) in [5.41, 5.74) is 5.53. The number of halogens is 3. The Labute approximate surface area is 205 Å². The molecule has 0 saturated heterocycles. The maximum atomic E-state index is 13.1. The van der Waals surface area contributed by atoms with Crippen LogP contribution in [-0.2, 0) is 16.1 Å². The molecule has 0 amide bonds. The lowest BCUT2D eigenvalue weighted by Crippen LogP contribution is -2.22. The average molecular weight is 516 g/mol. The number of aliphatic hydroxyl groups excluding tert-OH is 1. The molecule has 0 aliphatic rings. The van der Waals surface area contributed by atoms with Crippen molar-refractivity contribution in [3.63, 3.8) is 0 Å². The number of ether oxygens (including phenoxy) is 1. The van der Waals surface area contributed by atoms with Gasteiger partial charge >= 0.3 is 12.1 Å². The molecular formula is C23H28F3N3O3S2. The summed E-state index contributed by atoms with van der Waals surface area (Å²) in [7, 11) is 3.65. The fraction of sp³-hybridized carbons (Fsp3) is 0.391. The summed E-state index contributed by atoms with van der Waals surface area (Å²) < 4.78 is 44.2. The predicted octanol–water partition coefficient (Wildman–Crippen LogP) is 4.32. The van der Waals surface area contributed by atoms with Crippen LogP contribution in [0.25, 0.3) is 10.4 Å². The first-order chi connectivity index (χ1) is 16.0. The minimum Gasteiger partial charge on any atom is -0.463 e. The van der Waals surface area contributed by atoms with Crippen LogP contribution in [0.1, 0.15) is 17.4 Å². The van der Waals surface area contributed by atoms with Gasteiger partial charge in [-0.2, -0.15) is 13.2 Å². The Hall–Kier alpha value is -2.34. The molecule has 0 saturated carbocycles. The van der Waals surface area contributed by atoms with Gasteiger partial charge in [-0.05, 0) is 55.3 Å². The fourth-order valence-electron chi connectivity index (χ4n) is 2.72. The number of aliphatic imine (C=N–C) groups is 1. The number of nitrogens with two attached hydrogens (primary N) is 1. The first kappa shape index (κ1) is 27.9. The minimum absolute atomic E-state index is 0.0502. The zero-order valence-electron chi connectivity index (χ0n) is 19.2. The van der Waals surface area contributed by atoms with E-state index in [0.29, 0.717) is 11.4 Å². The molecule has 6 nitrogen and oxygen atoms in total. The molecule has 3 N–H and O–H groups in total. The normalized spacial score (nSPS) is 12.9. The highest BCUT2D eigenvalue weighted by Gasteiger charge is 2.32. The monoisotopic (exact) mass is 515 g/mol. The van der Waals surface area contributed by atoms with Crippen molar-refractivity contribution in [1.29, 1.82) is 0 Å². The summed E-state index contributed by atoms with van der Waals surface area (Å²) >= 11 is 2.83. The van der Waals surface area contributed by atoms with Crippen LogP contribution < -0.4 is 5.73 Å². The molecule has 34 heavy (non-hydrogen) atoms. The first-order valence-electron chi connectivity index (χ1n) is 10.4. The van der Waals surface area contributed by atoms with Crippen LogP contribution in [0.15, 0.2) is 52.0 Å². The Morgan fingerprint density at radius 1 is 1.29 bits per heavy atom.